The van der Waals surface area contributed by atoms with Crippen LogP contribution in [0.4, 0.5) is 5.82 Å². The molecule has 4 rings (SSSR count). The Kier molecular flexibility index (Phi) is 6.29. The number of carbonyl (C=O) groups excluding carboxylic acids is 1. The first-order valence-corrected chi connectivity index (χ1v) is 12.7. The molecule has 1 aliphatic carbocycles. The highest BCUT2D eigenvalue weighted by Gasteiger charge is 2.41. The van der Waals surface area contributed by atoms with E-state index in [4.69, 9.17) is 16.7 Å². The fourth-order valence-electron chi connectivity index (χ4n) is 5.07. The van der Waals surface area contributed by atoms with Crippen LogP contribution in [0.3, 0.4) is 0 Å². The summed E-state index contributed by atoms with van der Waals surface area (Å²) in [5.41, 5.74) is 0.767. The van der Waals surface area contributed by atoms with Gasteiger partial charge in [-0.2, -0.15) is 5.10 Å². The van der Waals surface area contributed by atoms with Gasteiger partial charge in [0.15, 0.2) is 0 Å². The van der Waals surface area contributed by atoms with Crippen molar-refractivity contribution in [2.24, 2.45) is 5.92 Å². The summed E-state index contributed by atoms with van der Waals surface area (Å²) < 4.78 is 2.75. The van der Waals surface area contributed by atoms with E-state index in [-0.39, 0.29) is 17.5 Å². The van der Waals surface area contributed by atoms with Crippen molar-refractivity contribution >= 4 is 34.7 Å². The molecule has 0 bridgehead atoms. The van der Waals surface area contributed by atoms with Crippen LogP contribution in [0.5, 0.6) is 0 Å². The SMILES string of the molecule is CCC(CC)(NC(=O)c1c(C)nn2c1N[C@@H](C1C=CC=CC1)CC2(C)C)c1ccc(Cl)s1. The molecule has 0 saturated carbocycles. The van der Waals surface area contributed by atoms with Crippen molar-refractivity contribution in [3.8, 4) is 0 Å². The van der Waals surface area contributed by atoms with Crippen LogP contribution < -0.4 is 10.6 Å². The van der Waals surface area contributed by atoms with Gasteiger partial charge < -0.3 is 10.6 Å². The number of aryl methyl sites for hydroxylation is 1. The number of fused-ring (bicyclic) bond motifs is 1. The van der Waals surface area contributed by atoms with Gasteiger partial charge in [0.05, 0.1) is 21.1 Å². The molecule has 0 fully saturated rings. The van der Waals surface area contributed by atoms with E-state index >= 15 is 0 Å². The molecule has 0 radical (unpaired) electrons. The number of thiophene rings is 1. The molecule has 1 amide bonds. The third kappa shape index (κ3) is 4.03. The quantitative estimate of drug-likeness (QED) is 0.511. The number of aromatic nitrogens is 2. The number of hydrogen-bond acceptors (Lipinski definition) is 4. The summed E-state index contributed by atoms with van der Waals surface area (Å²) in [6, 6.07) is 4.18. The molecule has 32 heavy (non-hydrogen) atoms. The standard InChI is InChI=1S/C25H33ClN4OS/c1-6-25(7-2,19-13-14-20(26)32-19)28-23(31)21-16(3)29-30-22(21)27-18(15-24(30,4)5)17-11-9-8-10-12-17/h8-11,13-14,17-18,27H,6-7,12,15H2,1-5H3,(H,28,31)/t17?,18-/m1/s1. The molecule has 2 aromatic rings. The largest absolute Gasteiger partial charge is 0.366 e. The van der Waals surface area contributed by atoms with Crippen LogP contribution >= 0.6 is 22.9 Å². The predicted octanol–water partition coefficient (Wildman–Crippen LogP) is 6.40. The Morgan fingerprint density at radius 2 is 2.09 bits per heavy atom. The third-order valence-corrected chi connectivity index (χ3v) is 8.47. The Labute approximate surface area is 199 Å². The maximum atomic E-state index is 13.7. The molecule has 2 N–H and O–H groups in total. The molecule has 0 spiro atoms. The normalized spacial score (nSPS) is 21.8. The van der Waals surface area contributed by atoms with Crippen molar-refractivity contribution in [1.82, 2.24) is 15.1 Å². The Morgan fingerprint density at radius 1 is 1.34 bits per heavy atom. The van der Waals surface area contributed by atoms with E-state index in [9.17, 15) is 4.79 Å². The first kappa shape index (κ1) is 23.1. The molecule has 1 unspecified atom stereocenters. The lowest BCUT2D eigenvalue weighted by atomic mass is 9.82. The second kappa shape index (κ2) is 8.71. The molecule has 5 nitrogen and oxygen atoms in total. The predicted molar refractivity (Wildman–Crippen MR) is 134 cm³/mol. The van der Waals surface area contributed by atoms with Gasteiger partial charge in [0.1, 0.15) is 11.4 Å². The summed E-state index contributed by atoms with van der Waals surface area (Å²) in [7, 11) is 0. The van der Waals surface area contributed by atoms with Crippen molar-refractivity contribution in [3.05, 3.63) is 56.9 Å². The number of allylic oxidation sites excluding steroid dienone is 3. The zero-order valence-electron chi connectivity index (χ0n) is 19.5. The Balaban J connectivity index is 1.69. The average Bonchev–Trinajstić information content (AvgIpc) is 3.36. The molecule has 172 valence electrons. The van der Waals surface area contributed by atoms with Gasteiger partial charge in [0.2, 0.25) is 0 Å². The van der Waals surface area contributed by atoms with Crippen molar-refractivity contribution < 1.29 is 4.79 Å². The highest BCUT2D eigenvalue weighted by molar-refractivity contribution is 7.16. The van der Waals surface area contributed by atoms with Crippen molar-refractivity contribution in [2.45, 2.75) is 77.4 Å². The van der Waals surface area contributed by atoms with Crippen LogP contribution in [0, 0.1) is 12.8 Å². The molecular formula is C25H33ClN4OS. The zero-order chi connectivity index (χ0) is 23.1. The average molecular weight is 473 g/mol. The van der Waals surface area contributed by atoms with E-state index in [0.29, 0.717) is 11.5 Å². The Hall–Kier alpha value is -2.05. The van der Waals surface area contributed by atoms with Gasteiger partial charge in [0.25, 0.3) is 5.91 Å². The van der Waals surface area contributed by atoms with E-state index in [1.807, 2.05) is 23.7 Å². The Morgan fingerprint density at radius 3 is 2.69 bits per heavy atom. The number of rotatable bonds is 6. The van der Waals surface area contributed by atoms with Crippen LogP contribution in [0.2, 0.25) is 4.34 Å². The molecule has 2 aromatic heterocycles. The van der Waals surface area contributed by atoms with Crippen molar-refractivity contribution in [2.75, 3.05) is 5.32 Å². The second-order valence-electron chi connectivity index (χ2n) is 9.55. The number of nitrogens with one attached hydrogen (secondary N) is 2. The van der Waals surface area contributed by atoms with Crippen molar-refractivity contribution in [3.63, 3.8) is 0 Å². The lowest BCUT2D eigenvalue weighted by Gasteiger charge is -2.41. The maximum Gasteiger partial charge on any atom is 0.257 e. The first-order chi connectivity index (χ1) is 15.2. The summed E-state index contributed by atoms with van der Waals surface area (Å²) in [4.78, 5) is 14.8. The van der Waals surface area contributed by atoms with Crippen LogP contribution in [0.1, 0.15) is 74.3 Å². The van der Waals surface area contributed by atoms with Gasteiger partial charge in [-0.25, -0.2) is 4.68 Å². The van der Waals surface area contributed by atoms with E-state index < -0.39 is 5.54 Å². The molecule has 0 aromatic carbocycles. The minimum Gasteiger partial charge on any atom is -0.366 e. The van der Waals surface area contributed by atoms with Crippen LogP contribution in [-0.4, -0.2) is 21.7 Å². The van der Waals surface area contributed by atoms with Crippen LogP contribution in [0.25, 0.3) is 0 Å². The van der Waals surface area contributed by atoms with Crippen LogP contribution in [-0.2, 0) is 11.1 Å². The number of amides is 1. The topological polar surface area (TPSA) is 59.0 Å². The monoisotopic (exact) mass is 472 g/mol. The number of anilines is 1. The summed E-state index contributed by atoms with van der Waals surface area (Å²) in [5.74, 6) is 1.15. The number of halogens is 1. The number of nitrogens with zero attached hydrogens (tertiary/aromatic N) is 2. The van der Waals surface area contributed by atoms with Crippen molar-refractivity contribution in [1.29, 1.82) is 0 Å². The molecule has 1 aliphatic heterocycles. The lowest BCUT2D eigenvalue weighted by molar-refractivity contribution is 0.0891. The number of hydrogen-bond donors (Lipinski definition) is 2. The maximum absolute atomic E-state index is 13.7. The van der Waals surface area contributed by atoms with Gasteiger partial charge in [-0.05, 0) is 58.6 Å². The fraction of sp³-hybridized carbons (Fsp3) is 0.520. The summed E-state index contributed by atoms with van der Waals surface area (Å²) in [6.45, 7) is 10.6. The first-order valence-electron chi connectivity index (χ1n) is 11.5. The van der Waals surface area contributed by atoms with E-state index in [1.54, 1.807) is 0 Å². The highest BCUT2D eigenvalue weighted by atomic mass is 35.5. The van der Waals surface area contributed by atoms with Gasteiger partial charge >= 0.3 is 0 Å². The molecule has 2 atom stereocenters. The van der Waals surface area contributed by atoms with E-state index in [2.05, 4.69) is 62.6 Å². The minimum absolute atomic E-state index is 0.0833. The van der Waals surface area contributed by atoms with Gasteiger partial charge in [-0.15, -0.1) is 11.3 Å². The second-order valence-corrected chi connectivity index (χ2v) is 11.3. The lowest BCUT2D eigenvalue weighted by Crippen LogP contribution is -2.47. The highest BCUT2D eigenvalue weighted by Crippen LogP contribution is 2.40. The summed E-state index contributed by atoms with van der Waals surface area (Å²) in [5, 5.41) is 11.9. The molecule has 0 saturated heterocycles. The molecule has 3 heterocycles. The van der Waals surface area contributed by atoms with E-state index in [1.165, 1.54) is 11.3 Å². The molecular weight excluding hydrogens is 440 g/mol. The van der Waals surface area contributed by atoms with Crippen LogP contribution in [0.15, 0.2) is 36.4 Å². The summed E-state index contributed by atoms with van der Waals surface area (Å²) in [6.07, 6.45) is 12.2. The minimum atomic E-state index is -0.448. The smallest absolute Gasteiger partial charge is 0.257 e. The van der Waals surface area contributed by atoms with Gasteiger partial charge in [-0.3, -0.25) is 4.79 Å². The molecule has 7 heteroatoms. The third-order valence-electron chi connectivity index (χ3n) is 7.04. The summed E-state index contributed by atoms with van der Waals surface area (Å²) >= 11 is 7.77. The Bertz CT molecular complexity index is 1060. The zero-order valence-corrected chi connectivity index (χ0v) is 21.1. The fourth-order valence-corrected chi connectivity index (χ4v) is 6.40. The van der Waals surface area contributed by atoms with E-state index in [0.717, 1.165) is 46.4 Å². The molecule has 2 aliphatic rings. The van der Waals surface area contributed by atoms with Gasteiger partial charge in [0, 0.05) is 16.8 Å². The number of carbonyl (C=O) groups is 1. The van der Waals surface area contributed by atoms with Gasteiger partial charge in [-0.1, -0.05) is 49.8 Å².